The lowest BCUT2D eigenvalue weighted by Gasteiger charge is -2.24. The second-order valence-corrected chi connectivity index (χ2v) is 4.53. The molecule has 0 fully saturated rings. The first-order valence-electron chi connectivity index (χ1n) is 5.33. The smallest absolute Gasteiger partial charge is 0.124 e. The maximum absolute atomic E-state index is 9.30. The topological polar surface area (TPSA) is 27.0 Å². The molecule has 0 aromatic heterocycles. The summed E-state index contributed by atoms with van der Waals surface area (Å²) in [5, 5.41) is 9.30. The average molecular weight is 291 g/mol. The molecule has 1 aromatic carbocycles. The van der Waals surface area contributed by atoms with E-state index in [0.29, 0.717) is 13.1 Å². The molecule has 0 aliphatic rings. The van der Waals surface area contributed by atoms with Gasteiger partial charge in [-0.25, -0.2) is 0 Å². The van der Waals surface area contributed by atoms with Crippen LogP contribution in [-0.4, -0.2) is 18.0 Å². The Labute approximate surface area is 111 Å². The van der Waals surface area contributed by atoms with Crippen LogP contribution < -0.4 is 0 Å². The van der Waals surface area contributed by atoms with Crippen LogP contribution in [0.3, 0.4) is 0 Å². The molecule has 17 heavy (non-hydrogen) atoms. The summed E-state index contributed by atoms with van der Waals surface area (Å²) in [5.41, 5.74) is 0.986. The molecule has 0 saturated heterocycles. The van der Waals surface area contributed by atoms with E-state index in [0.717, 1.165) is 10.0 Å². The molecular weight excluding hydrogens is 276 g/mol. The predicted molar refractivity (Wildman–Crippen MR) is 74.5 cm³/mol. The van der Waals surface area contributed by atoms with Gasteiger partial charge in [-0.05, 0) is 17.7 Å². The first-order chi connectivity index (χ1) is 8.22. The van der Waals surface area contributed by atoms with E-state index in [1.165, 1.54) is 0 Å². The Bertz CT molecular complexity index is 407. The van der Waals surface area contributed by atoms with Crippen LogP contribution in [0.5, 0.6) is 0 Å². The summed E-state index contributed by atoms with van der Waals surface area (Å²) in [6, 6.07) is 9.86. The summed E-state index contributed by atoms with van der Waals surface area (Å²) in [5.74, 6) is 0. The zero-order valence-electron chi connectivity index (χ0n) is 9.64. The summed E-state index contributed by atoms with van der Waals surface area (Å²) in [6.07, 6.45) is 3.60. The minimum absolute atomic E-state index is 0.265. The van der Waals surface area contributed by atoms with Gasteiger partial charge in [-0.3, -0.25) is 4.90 Å². The maximum atomic E-state index is 9.30. The minimum atomic E-state index is -0.265. The van der Waals surface area contributed by atoms with E-state index in [4.69, 9.17) is 0 Å². The number of benzene rings is 1. The van der Waals surface area contributed by atoms with Gasteiger partial charge < -0.3 is 0 Å². The Morgan fingerprint density at radius 1 is 1.24 bits per heavy atom. The summed E-state index contributed by atoms with van der Waals surface area (Å²) in [6.45, 7) is 8.76. The van der Waals surface area contributed by atoms with Crippen molar-refractivity contribution >= 4 is 15.9 Å². The van der Waals surface area contributed by atoms with Gasteiger partial charge in [-0.15, -0.1) is 13.2 Å². The fourth-order valence-electron chi connectivity index (χ4n) is 1.63. The number of nitrogens with zero attached hydrogens (tertiary/aromatic N) is 2. The normalized spacial score (nSPS) is 11.8. The highest BCUT2D eigenvalue weighted by atomic mass is 79.9. The summed E-state index contributed by atoms with van der Waals surface area (Å²) < 4.78 is 1.01. The number of rotatable bonds is 6. The van der Waals surface area contributed by atoms with Crippen molar-refractivity contribution in [3.8, 4) is 6.07 Å². The molecule has 0 spiro atoms. The third-order valence-electron chi connectivity index (χ3n) is 2.40. The molecule has 88 valence electrons. The van der Waals surface area contributed by atoms with Crippen molar-refractivity contribution in [2.24, 2.45) is 0 Å². The molecule has 0 aliphatic carbocycles. The number of halogens is 1. The van der Waals surface area contributed by atoms with E-state index in [-0.39, 0.29) is 6.04 Å². The Hall–Kier alpha value is -1.37. The average Bonchev–Trinajstić information content (AvgIpc) is 2.33. The number of hydrogen-bond donors (Lipinski definition) is 0. The fraction of sp³-hybridized carbons (Fsp3) is 0.214. The molecule has 0 heterocycles. The molecule has 1 unspecified atom stereocenters. The largest absolute Gasteiger partial charge is 0.277 e. The zero-order valence-corrected chi connectivity index (χ0v) is 11.2. The Kier molecular flexibility index (Phi) is 5.68. The first-order valence-corrected chi connectivity index (χ1v) is 6.13. The lowest BCUT2D eigenvalue weighted by Crippen LogP contribution is -2.28. The van der Waals surface area contributed by atoms with Crippen molar-refractivity contribution in [1.82, 2.24) is 4.90 Å². The third-order valence-corrected chi connectivity index (χ3v) is 2.93. The van der Waals surface area contributed by atoms with Crippen LogP contribution in [-0.2, 0) is 0 Å². The van der Waals surface area contributed by atoms with Gasteiger partial charge in [0.2, 0.25) is 0 Å². The summed E-state index contributed by atoms with van der Waals surface area (Å²) in [7, 11) is 0. The Balaban J connectivity index is 2.95. The summed E-state index contributed by atoms with van der Waals surface area (Å²) in [4.78, 5) is 2.02. The molecule has 1 atom stereocenters. The third kappa shape index (κ3) is 3.85. The first kappa shape index (κ1) is 13.7. The monoisotopic (exact) mass is 290 g/mol. The van der Waals surface area contributed by atoms with Gasteiger partial charge in [0.25, 0.3) is 0 Å². The molecule has 1 aromatic rings. The lowest BCUT2D eigenvalue weighted by molar-refractivity contribution is 0.291. The van der Waals surface area contributed by atoms with E-state index in [1.54, 1.807) is 12.2 Å². The van der Waals surface area contributed by atoms with Gasteiger partial charge in [0.15, 0.2) is 0 Å². The molecule has 0 amide bonds. The highest BCUT2D eigenvalue weighted by molar-refractivity contribution is 9.10. The molecule has 0 radical (unpaired) electrons. The van der Waals surface area contributed by atoms with E-state index >= 15 is 0 Å². The van der Waals surface area contributed by atoms with E-state index in [2.05, 4.69) is 35.2 Å². The molecule has 0 bridgehead atoms. The van der Waals surface area contributed by atoms with Gasteiger partial charge in [0.05, 0.1) is 6.07 Å². The highest BCUT2D eigenvalue weighted by Crippen LogP contribution is 2.21. The molecular formula is C14H15BrN2. The van der Waals surface area contributed by atoms with Crippen LogP contribution >= 0.6 is 15.9 Å². The van der Waals surface area contributed by atoms with Gasteiger partial charge in [-0.1, -0.05) is 40.2 Å². The van der Waals surface area contributed by atoms with Crippen LogP contribution in [0.1, 0.15) is 11.6 Å². The highest BCUT2D eigenvalue weighted by Gasteiger charge is 2.17. The predicted octanol–water partition coefficient (Wildman–Crippen LogP) is 3.69. The van der Waals surface area contributed by atoms with Crippen molar-refractivity contribution in [3.05, 3.63) is 59.6 Å². The van der Waals surface area contributed by atoms with Crippen LogP contribution in [0, 0.1) is 11.3 Å². The van der Waals surface area contributed by atoms with E-state index < -0.39 is 0 Å². The van der Waals surface area contributed by atoms with Crippen LogP contribution in [0.25, 0.3) is 0 Å². The maximum Gasteiger partial charge on any atom is 0.124 e. The second-order valence-electron chi connectivity index (χ2n) is 3.61. The van der Waals surface area contributed by atoms with Crippen molar-refractivity contribution in [1.29, 1.82) is 5.26 Å². The molecule has 1 rings (SSSR count). The quantitative estimate of drug-likeness (QED) is 0.747. The van der Waals surface area contributed by atoms with Crippen LogP contribution in [0.4, 0.5) is 0 Å². The lowest BCUT2D eigenvalue weighted by atomic mass is 10.1. The van der Waals surface area contributed by atoms with Gasteiger partial charge in [-0.2, -0.15) is 5.26 Å². The molecule has 0 N–H and O–H groups in total. The van der Waals surface area contributed by atoms with Crippen LogP contribution in [0.15, 0.2) is 54.0 Å². The van der Waals surface area contributed by atoms with Crippen LogP contribution in [0.2, 0.25) is 0 Å². The van der Waals surface area contributed by atoms with Gasteiger partial charge in [0, 0.05) is 17.6 Å². The molecule has 2 nitrogen and oxygen atoms in total. The SMILES string of the molecule is C=CCN(CC=C)C(C#N)c1ccc(Br)cc1. The summed E-state index contributed by atoms with van der Waals surface area (Å²) >= 11 is 3.39. The second kappa shape index (κ2) is 7.05. The van der Waals surface area contributed by atoms with E-state index in [9.17, 15) is 5.26 Å². The molecule has 0 saturated carbocycles. The van der Waals surface area contributed by atoms with E-state index in [1.807, 2.05) is 29.2 Å². The Morgan fingerprint density at radius 2 is 1.76 bits per heavy atom. The van der Waals surface area contributed by atoms with Gasteiger partial charge >= 0.3 is 0 Å². The number of nitriles is 1. The molecule has 3 heteroatoms. The minimum Gasteiger partial charge on any atom is -0.277 e. The van der Waals surface area contributed by atoms with Crippen molar-refractivity contribution < 1.29 is 0 Å². The zero-order chi connectivity index (χ0) is 12.7. The van der Waals surface area contributed by atoms with Crippen molar-refractivity contribution in [2.75, 3.05) is 13.1 Å². The number of hydrogen-bond acceptors (Lipinski definition) is 2. The van der Waals surface area contributed by atoms with Crippen molar-refractivity contribution in [3.63, 3.8) is 0 Å². The Morgan fingerprint density at radius 3 is 2.18 bits per heavy atom. The van der Waals surface area contributed by atoms with Gasteiger partial charge in [0.1, 0.15) is 6.04 Å². The molecule has 0 aliphatic heterocycles. The van der Waals surface area contributed by atoms with Crippen molar-refractivity contribution in [2.45, 2.75) is 6.04 Å². The standard InChI is InChI=1S/C14H15BrN2/c1-3-9-17(10-4-2)14(11-16)12-5-7-13(15)8-6-12/h3-8,14H,1-2,9-10H2. The fourth-order valence-corrected chi connectivity index (χ4v) is 1.89.